The maximum atomic E-state index is 12.9. The number of unbranched alkanes of at least 4 members (excludes halogenated alkanes) is 4. The van der Waals surface area contributed by atoms with Gasteiger partial charge in [-0.1, -0.05) is 79.9 Å². The number of carbonyl (C=O) groups is 2. The van der Waals surface area contributed by atoms with Crippen molar-refractivity contribution in [3.63, 3.8) is 0 Å². The molecule has 2 aromatic carbocycles. The lowest BCUT2D eigenvalue weighted by atomic mass is 9.95. The molecular formula is C28H38N2O3. The molecular weight excluding hydrogens is 412 g/mol. The molecule has 2 aromatic rings. The summed E-state index contributed by atoms with van der Waals surface area (Å²) in [6, 6.07) is 21.7. The summed E-state index contributed by atoms with van der Waals surface area (Å²) >= 11 is 0. The van der Waals surface area contributed by atoms with E-state index in [2.05, 4.69) is 77.4 Å². The summed E-state index contributed by atoms with van der Waals surface area (Å²) in [7, 11) is 0. The van der Waals surface area contributed by atoms with Gasteiger partial charge in [-0.15, -0.1) is 0 Å². The highest BCUT2D eigenvalue weighted by Crippen LogP contribution is 2.30. The van der Waals surface area contributed by atoms with Crippen molar-refractivity contribution in [2.45, 2.75) is 64.0 Å². The van der Waals surface area contributed by atoms with Crippen molar-refractivity contribution in [3.05, 3.63) is 71.8 Å². The monoisotopic (exact) mass is 450 g/mol. The number of aliphatic hydroxyl groups excluding tert-OH is 1. The second kappa shape index (κ2) is 13.3. The van der Waals surface area contributed by atoms with Gasteiger partial charge in [0.2, 0.25) is 5.91 Å². The number of aliphatic hydroxyl groups is 1. The summed E-state index contributed by atoms with van der Waals surface area (Å²) in [5.74, 6) is 0.175. The standard InChI is InChI=1S/C28H38N2O3/c1-23-21-29(28(24-13-7-5-8-14-24)25-15-9-6-10-16-25)19-20-30(23)27(33)18-12-4-2-3-11-17-26(32)22-31/h5-10,13-16,23,28,31H,2-4,11-12,17-22H2,1H3/t23-/m0/s1. The maximum Gasteiger partial charge on any atom is 0.222 e. The van der Waals surface area contributed by atoms with Crippen molar-refractivity contribution < 1.29 is 14.7 Å². The van der Waals surface area contributed by atoms with E-state index in [1.165, 1.54) is 11.1 Å². The molecule has 1 saturated heterocycles. The largest absolute Gasteiger partial charge is 0.389 e. The Kier molecular flexibility index (Phi) is 10.1. The van der Waals surface area contributed by atoms with Crippen LogP contribution < -0.4 is 0 Å². The van der Waals surface area contributed by atoms with E-state index in [0.717, 1.165) is 51.7 Å². The summed E-state index contributed by atoms with van der Waals surface area (Å²) in [6.07, 6.45) is 5.82. The van der Waals surface area contributed by atoms with Crippen LogP contribution in [0.3, 0.4) is 0 Å². The Balaban J connectivity index is 1.49. The summed E-state index contributed by atoms with van der Waals surface area (Å²) < 4.78 is 0. The van der Waals surface area contributed by atoms with Crippen LogP contribution in [0.15, 0.2) is 60.7 Å². The Morgan fingerprint density at radius 1 is 0.848 bits per heavy atom. The van der Waals surface area contributed by atoms with Crippen molar-refractivity contribution >= 4 is 11.7 Å². The number of piperazine rings is 1. The minimum absolute atomic E-state index is 0.0833. The highest BCUT2D eigenvalue weighted by molar-refractivity contribution is 5.79. The van der Waals surface area contributed by atoms with Crippen LogP contribution in [0.5, 0.6) is 0 Å². The molecule has 1 fully saturated rings. The van der Waals surface area contributed by atoms with Crippen molar-refractivity contribution in [1.82, 2.24) is 9.80 Å². The smallest absolute Gasteiger partial charge is 0.222 e. The van der Waals surface area contributed by atoms with Crippen molar-refractivity contribution in [1.29, 1.82) is 0 Å². The molecule has 5 heteroatoms. The van der Waals surface area contributed by atoms with Gasteiger partial charge in [0, 0.05) is 38.5 Å². The molecule has 5 nitrogen and oxygen atoms in total. The van der Waals surface area contributed by atoms with E-state index in [9.17, 15) is 9.59 Å². The Bertz CT molecular complexity index is 816. The molecule has 33 heavy (non-hydrogen) atoms. The van der Waals surface area contributed by atoms with Crippen LogP contribution in [-0.4, -0.2) is 58.9 Å². The number of benzene rings is 2. The first kappa shape index (κ1) is 25.1. The molecule has 0 bridgehead atoms. The molecule has 0 radical (unpaired) electrons. The van der Waals surface area contributed by atoms with Gasteiger partial charge >= 0.3 is 0 Å². The molecule has 0 spiro atoms. The zero-order valence-corrected chi connectivity index (χ0v) is 19.9. The molecule has 0 aliphatic carbocycles. The van der Waals surface area contributed by atoms with E-state index >= 15 is 0 Å². The molecule has 178 valence electrons. The number of Topliss-reactive ketones (excluding diaryl/α,β-unsaturated/α-hetero) is 1. The van der Waals surface area contributed by atoms with E-state index in [0.29, 0.717) is 12.8 Å². The SMILES string of the molecule is C[C@H]1CN(C(c2ccccc2)c2ccccc2)CCN1C(=O)CCCCCCCC(=O)CO. The summed E-state index contributed by atoms with van der Waals surface area (Å²) in [5, 5.41) is 8.75. The van der Waals surface area contributed by atoms with E-state index in [-0.39, 0.29) is 30.4 Å². The number of hydrogen-bond acceptors (Lipinski definition) is 4. The predicted octanol–water partition coefficient (Wildman–Crippen LogP) is 4.60. The molecule has 1 atom stereocenters. The van der Waals surface area contributed by atoms with Crippen LogP contribution in [0, 0.1) is 0 Å². The van der Waals surface area contributed by atoms with Crippen LogP contribution in [0.25, 0.3) is 0 Å². The third-order valence-electron chi connectivity index (χ3n) is 6.60. The van der Waals surface area contributed by atoms with Crippen LogP contribution in [-0.2, 0) is 9.59 Å². The Hall–Kier alpha value is -2.50. The zero-order valence-electron chi connectivity index (χ0n) is 19.9. The van der Waals surface area contributed by atoms with Gasteiger partial charge < -0.3 is 10.0 Å². The third-order valence-corrected chi connectivity index (χ3v) is 6.60. The molecule has 1 aliphatic heterocycles. The fourth-order valence-electron chi connectivity index (χ4n) is 4.83. The van der Waals surface area contributed by atoms with Gasteiger partial charge in [0.15, 0.2) is 5.78 Å². The van der Waals surface area contributed by atoms with Crippen molar-refractivity contribution in [2.24, 2.45) is 0 Å². The fourth-order valence-corrected chi connectivity index (χ4v) is 4.83. The summed E-state index contributed by atoms with van der Waals surface area (Å²) in [4.78, 5) is 28.6. The molecule has 0 aromatic heterocycles. The molecule has 1 aliphatic rings. The number of carbonyl (C=O) groups excluding carboxylic acids is 2. The van der Waals surface area contributed by atoms with Crippen LogP contribution in [0.1, 0.15) is 69.0 Å². The van der Waals surface area contributed by atoms with E-state index in [1.807, 2.05) is 0 Å². The van der Waals surface area contributed by atoms with Gasteiger partial charge in [0.1, 0.15) is 6.61 Å². The first-order valence-corrected chi connectivity index (χ1v) is 12.4. The molecule has 1 N–H and O–H groups in total. The van der Waals surface area contributed by atoms with Crippen LogP contribution >= 0.6 is 0 Å². The lowest BCUT2D eigenvalue weighted by molar-refractivity contribution is -0.136. The fraction of sp³-hybridized carbons (Fsp3) is 0.500. The van der Waals surface area contributed by atoms with Gasteiger partial charge in [-0.05, 0) is 30.9 Å². The van der Waals surface area contributed by atoms with Crippen molar-refractivity contribution in [3.8, 4) is 0 Å². The Morgan fingerprint density at radius 2 is 1.39 bits per heavy atom. The topological polar surface area (TPSA) is 60.9 Å². The van der Waals surface area contributed by atoms with Gasteiger partial charge in [-0.2, -0.15) is 0 Å². The van der Waals surface area contributed by atoms with Gasteiger partial charge in [-0.25, -0.2) is 0 Å². The average molecular weight is 451 g/mol. The Morgan fingerprint density at radius 3 is 1.94 bits per heavy atom. The predicted molar refractivity (Wildman–Crippen MR) is 132 cm³/mol. The first-order valence-electron chi connectivity index (χ1n) is 12.4. The molecule has 0 saturated carbocycles. The zero-order chi connectivity index (χ0) is 23.5. The summed E-state index contributed by atoms with van der Waals surface area (Å²) in [6.45, 7) is 4.30. The third kappa shape index (κ3) is 7.51. The average Bonchev–Trinajstić information content (AvgIpc) is 2.84. The van der Waals surface area contributed by atoms with E-state index < -0.39 is 0 Å². The second-order valence-electron chi connectivity index (χ2n) is 9.12. The van der Waals surface area contributed by atoms with Crippen molar-refractivity contribution in [2.75, 3.05) is 26.2 Å². The quantitative estimate of drug-likeness (QED) is 0.480. The van der Waals surface area contributed by atoms with Crippen LogP contribution in [0.2, 0.25) is 0 Å². The van der Waals surface area contributed by atoms with Gasteiger partial charge in [-0.3, -0.25) is 14.5 Å². The minimum atomic E-state index is -0.350. The second-order valence-corrected chi connectivity index (χ2v) is 9.12. The summed E-state index contributed by atoms with van der Waals surface area (Å²) in [5.41, 5.74) is 2.58. The molecule has 0 unspecified atom stereocenters. The lowest BCUT2D eigenvalue weighted by Gasteiger charge is -2.43. The highest BCUT2D eigenvalue weighted by atomic mass is 16.3. The van der Waals surface area contributed by atoms with E-state index in [1.54, 1.807) is 0 Å². The number of amides is 1. The lowest BCUT2D eigenvalue weighted by Crippen LogP contribution is -2.54. The number of nitrogens with zero attached hydrogens (tertiary/aromatic N) is 2. The number of hydrogen-bond donors (Lipinski definition) is 1. The molecule has 1 amide bonds. The Labute approximate surface area is 198 Å². The van der Waals surface area contributed by atoms with Gasteiger partial charge in [0.25, 0.3) is 0 Å². The maximum absolute atomic E-state index is 12.9. The number of rotatable bonds is 12. The van der Waals surface area contributed by atoms with Gasteiger partial charge in [0.05, 0.1) is 6.04 Å². The van der Waals surface area contributed by atoms with E-state index in [4.69, 9.17) is 5.11 Å². The molecule has 1 heterocycles. The first-order chi connectivity index (χ1) is 16.1. The minimum Gasteiger partial charge on any atom is -0.389 e. The van der Waals surface area contributed by atoms with Crippen LogP contribution in [0.4, 0.5) is 0 Å². The molecule has 3 rings (SSSR count). The number of ketones is 1. The normalized spacial score (nSPS) is 16.8. The highest BCUT2D eigenvalue weighted by Gasteiger charge is 2.32.